The molecule has 0 aromatic heterocycles. The summed E-state index contributed by atoms with van der Waals surface area (Å²) in [6.07, 6.45) is 0.764. The first-order valence-electron chi connectivity index (χ1n) is 10.2. The lowest BCUT2D eigenvalue weighted by Crippen LogP contribution is -2.21. The molecular weight excluding hydrogens is 442 g/mol. The predicted molar refractivity (Wildman–Crippen MR) is 125 cm³/mol. The van der Waals surface area contributed by atoms with Gasteiger partial charge in [-0.1, -0.05) is 37.3 Å². The van der Waals surface area contributed by atoms with Crippen LogP contribution in [0.2, 0.25) is 0 Å². The highest BCUT2D eigenvalue weighted by Gasteiger charge is 2.28. The molecule has 3 aromatic rings. The van der Waals surface area contributed by atoms with Gasteiger partial charge in [0.1, 0.15) is 4.90 Å². The predicted octanol–water partition coefficient (Wildman–Crippen LogP) is 3.61. The third-order valence-electron chi connectivity index (χ3n) is 5.02. The van der Waals surface area contributed by atoms with Gasteiger partial charge in [0.25, 0.3) is 15.9 Å². The van der Waals surface area contributed by atoms with Crippen LogP contribution < -0.4 is 10.6 Å². The zero-order valence-electron chi connectivity index (χ0n) is 17.7. The minimum atomic E-state index is -3.73. The summed E-state index contributed by atoms with van der Waals surface area (Å²) in [6.45, 7) is 1.57. The van der Waals surface area contributed by atoms with Gasteiger partial charge in [0, 0.05) is 16.9 Å². The molecule has 2 N–H and O–H groups in total. The van der Waals surface area contributed by atoms with Crippen LogP contribution in [0.4, 0.5) is 11.4 Å². The fourth-order valence-electron chi connectivity index (χ4n) is 3.37. The van der Waals surface area contributed by atoms with E-state index in [1.54, 1.807) is 36.4 Å². The van der Waals surface area contributed by atoms with E-state index in [-0.39, 0.29) is 16.3 Å². The first kappa shape index (κ1) is 22.2. The normalized spacial score (nSPS) is 13.5. The van der Waals surface area contributed by atoms with Gasteiger partial charge in [-0.3, -0.25) is 4.79 Å². The average molecular weight is 464 g/mol. The second kappa shape index (κ2) is 9.25. The van der Waals surface area contributed by atoms with Crippen molar-refractivity contribution >= 4 is 39.1 Å². The van der Waals surface area contributed by atoms with Gasteiger partial charge in [-0.15, -0.1) is 4.40 Å². The van der Waals surface area contributed by atoms with E-state index in [2.05, 4.69) is 15.0 Å². The van der Waals surface area contributed by atoms with Crippen LogP contribution in [0, 0.1) is 0 Å². The van der Waals surface area contributed by atoms with Crippen molar-refractivity contribution in [3.63, 3.8) is 0 Å². The Labute approximate surface area is 191 Å². The lowest BCUT2D eigenvalue weighted by Gasteiger charge is -2.10. The molecule has 168 valence electrons. The Hall–Kier alpha value is -3.98. The maximum Gasteiger partial charge on any atom is 0.338 e. The minimum absolute atomic E-state index is 0.146. The smallest absolute Gasteiger partial charge is 0.338 e. The Morgan fingerprint density at radius 2 is 1.64 bits per heavy atom. The van der Waals surface area contributed by atoms with E-state index in [4.69, 9.17) is 4.74 Å². The number of amides is 1. The molecule has 3 aromatic carbocycles. The van der Waals surface area contributed by atoms with Gasteiger partial charge >= 0.3 is 5.97 Å². The molecule has 0 spiro atoms. The van der Waals surface area contributed by atoms with E-state index in [1.807, 2.05) is 25.1 Å². The molecule has 33 heavy (non-hydrogen) atoms. The molecule has 0 saturated carbocycles. The van der Waals surface area contributed by atoms with Crippen molar-refractivity contribution in [2.45, 2.75) is 18.2 Å². The van der Waals surface area contributed by atoms with Crippen LogP contribution in [-0.2, 0) is 26.0 Å². The maximum absolute atomic E-state index is 12.3. The fraction of sp³-hybridized carbons (Fsp3) is 0.125. The first-order valence-corrected chi connectivity index (χ1v) is 11.7. The lowest BCUT2D eigenvalue weighted by molar-refractivity contribution is -0.119. The molecule has 0 aliphatic carbocycles. The van der Waals surface area contributed by atoms with Crippen molar-refractivity contribution in [3.8, 4) is 0 Å². The van der Waals surface area contributed by atoms with Gasteiger partial charge in [0.15, 0.2) is 12.4 Å². The number of nitrogens with zero attached hydrogens (tertiary/aromatic N) is 1. The number of hydrogen-bond donors (Lipinski definition) is 2. The summed E-state index contributed by atoms with van der Waals surface area (Å²) in [6, 6.07) is 20.2. The third-order valence-corrected chi connectivity index (χ3v) is 6.36. The van der Waals surface area contributed by atoms with Crippen LogP contribution in [0.3, 0.4) is 0 Å². The summed E-state index contributed by atoms with van der Waals surface area (Å²) in [5.41, 5.74) is 2.96. The fourth-order valence-corrected chi connectivity index (χ4v) is 4.55. The molecule has 0 saturated heterocycles. The Balaban J connectivity index is 1.36. The third kappa shape index (κ3) is 4.93. The molecular formula is C24H21N3O5S. The van der Waals surface area contributed by atoms with E-state index in [0.717, 1.165) is 12.0 Å². The lowest BCUT2D eigenvalue weighted by atomic mass is 10.1. The largest absolute Gasteiger partial charge is 0.452 e. The average Bonchev–Trinajstić information content (AvgIpc) is 3.08. The van der Waals surface area contributed by atoms with E-state index in [0.29, 0.717) is 16.9 Å². The number of hydrogen-bond acceptors (Lipinski definition) is 6. The molecule has 1 heterocycles. The zero-order chi connectivity index (χ0) is 23.4. The Morgan fingerprint density at radius 1 is 0.939 bits per heavy atom. The van der Waals surface area contributed by atoms with Gasteiger partial charge in [0.2, 0.25) is 0 Å². The number of para-hydroxylation sites is 1. The number of esters is 1. The van der Waals surface area contributed by atoms with E-state index in [9.17, 15) is 18.0 Å². The van der Waals surface area contributed by atoms with Crippen molar-refractivity contribution in [1.29, 1.82) is 0 Å². The molecule has 1 aliphatic rings. The van der Waals surface area contributed by atoms with Crippen molar-refractivity contribution in [1.82, 2.24) is 0 Å². The monoisotopic (exact) mass is 463 g/mol. The first-order chi connectivity index (χ1) is 15.9. The number of carbonyl (C=O) groups is 2. The van der Waals surface area contributed by atoms with Crippen LogP contribution >= 0.6 is 0 Å². The number of rotatable bonds is 6. The molecule has 0 fully saturated rings. The molecule has 9 heteroatoms. The molecule has 0 atom stereocenters. The highest BCUT2D eigenvalue weighted by molar-refractivity contribution is 7.90. The van der Waals surface area contributed by atoms with Crippen molar-refractivity contribution < 1.29 is 22.7 Å². The van der Waals surface area contributed by atoms with Gasteiger partial charge in [0.05, 0.1) is 5.56 Å². The van der Waals surface area contributed by atoms with Crippen LogP contribution in [0.15, 0.2) is 82.1 Å². The summed E-state index contributed by atoms with van der Waals surface area (Å²) >= 11 is 0. The molecule has 1 amide bonds. The summed E-state index contributed by atoms with van der Waals surface area (Å²) in [5.74, 6) is -0.863. The second-order valence-electron chi connectivity index (χ2n) is 7.25. The molecule has 0 bridgehead atoms. The number of aryl methyl sites for hydroxylation is 1. The second-order valence-corrected chi connectivity index (χ2v) is 8.82. The van der Waals surface area contributed by atoms with Crippen LogP contribution in [0.1, 0.15) is 28.4 Å². The Bertz CT molecular complexity index is 1350. The summed E-state index contributed by atoms with van der Waals surface area (Å²) < 4.78 is 33.2. The molecule has 4 rings (SSSR count). The molecule has 0 radical (unpaired) electrons. The SMILES string of the molecule is CCc1ccccc1NC(=O)COC(=O)c1ccc(NC2=NS(=O)(=O)c3ccccc32)cc1. The maximum atomic E-state index is 12.3. The number of amidine groups is 1. The Morgan fingerprint density at radius 3 is 2.39 bits per heavy atom. The van der Waals surface area contributed by atoms with E-state index < -0.39 is 28.5 Å². The molecule has 1 aliphatic heterocycles. The van der Waals surface area contributed by atoms with E-state index in [1.165, 1.54) is 18.2 Å². The minimum Gasteiger partial charge on any atom is -0.452 e. The van der Waals surface area contributed by atoms with Crippen LogP contribution in [-0.4, -0.2) is 32.7 Å². The van der Waals surface area contributed by atoms with Gasteiger partial charge in [-0.05, 0) is 54.4 Å². The summed E-state index contributed by atoms with van der Waals surface area (Å²) in [7, 11) is -3.73. The van der Waals surface area contributed by atoms with Gasteiger partial charge in [-0.2, -0.15) is 8.42 Å². The summed E-state index contributed by atoms with van der Waals surface area (Å²) in [5, 5.41) is 5.71. The molecule has 0 unspecified atom stereocenters. The highest BCUT2D eigenvalue weighted by Crippen LogP contribution is 2.26. The van der Waals surface area contributed by atoms with Crippen LogP contribution in [0.25, 0.3) is 0 Å². The molecule has 8 nitrogen and oxygen atoms in total. The zero-order valence-corrected chi connectivity index (χ0v) is 18.6. The summed E-state index contributed by atoms with van der Waals surface area (Å²) in [4.78, 5) is 24.6. The Kier molecular flexibility index (Phi) is 6.23. The number of carbonyl (C=O) groups excluding carboxylic acids is 2. The van der Waals surface area contributed by atoms with Gasteiger partial charge in [-0.25, -0.2) is 4.79 Å². The van der Waals surface area contributed by atoms with E-state index >= 15 is 0 Å². The van der Waals surface area contributed by atoms with Gasteiger partial charge < -0.3 is 15.4 Å². The highest BCUT2D eigenvalue weighted by atomic mass is 32.2. The number of benzene rings is 3. The standard InChI is InChI=1S/C24H21N3O5S/c1-2-16-7-3-5-9-20(16)26-22(28)15-32-24(29)17-11-13-18(14-12-17)25-23-19-8-4-6-10-21(19)33(30,31)27-23/h3-14H,2,15H2,1H3,(H,25,27)(H,26,28). The number of fused-ring (bicyclic) bond motifs is 1. The number of ether oxygens (including phenoxy) is 1. The van der Waals surface area contributed by atoms with Crippen molar-refractivity contribution in [2.24, 2.45) is 4.40 Å². The van der Waals surface area contributed by atoms with Crippen LogP contribution in [0.5, 0.6) is 0 Å². The topological polar surface area (TPSA) is 114 Å². The quantitative estimate of drug-likeness (QED) is 0.540. The number of nitrogens with one attached hydrogen (secondary N) is 2. The van der Waals surface area contributed by atoms with Crippen molar-refractivity contribution in [2.75, 3.05) is 17.2 Å². The number of anilines is 2. The number of sulfonamides is 1. The van der Waals surface area contributed by atoms with Crippen molar-refractivity contribution in [3.05, 3.63) is 89.5 Å².